The van der Waals surface area contributed by atoms with Gasteiger partial charge in [0.1, 0.15) is 6.04 Å². The van der Waals surface area contributed by atoms with Gasteiger partial charge in [0.2, 0.25) is 10.0 Å². The minimum Gasteiger partial charge on any atom is -0.480 e. The molecule has 0 saturated heterocycles. The third-order valence-electron chi connectivity index (χ3n) is 3.33. The van der Waals surface area contributed by atoms with Crippen LogP contribution in [0.5, 0.6) is 0 Å². The number of hydrogen-bond acceptors (Lipinski definition) is 6. The number of benzene rings is 1. The Kier molecular flexibility index (Phi) is 6.62. The topological polar surface area (TPSA) is 96.4 Å². The van der Waals surface area contributed by atoms with Gasteiger partial charge in [-0.2, -0.15) is 4.72 Å². The maximum atomic E-state index is 12.2. The molecule has 0 spiro atoms. The molecule has 0 saturated carbocycles. The number of fused-ring (bicyclic) bond motifs is 1. The zero-order valence-electron chi connectivity index (χ0n) is 13.5. The van der Waals surface area contributed by atoms with Crippen molar-refractivity contribution in [1.29, 1.82) is 0 Å². The van der Waals surface area contributed by atoms with Crippen molar-refractivity contribution in [1.82, 2.24) is 9.71 Å². The molecule has 0 fully saturated rings. The molecule has 1 aromatic carbocycles. The molecule has 6 nitrogen and oxygen atoms in total. The second-order valence-electron chi connectivity index (χ2n) is 5.35. The maximum absolute atomic E-state index is 12.2. The van der Waals surface area contributed by atoms with Crippen LogP contribution in [0, 0.1) is 0 Å². The number of hydrogen-bond donors (Lipinski definition) is 2. The van der Waals surface area contributed by atoms with Crippen molar-refractivity contribution in [3.8, 4) is 0 Å². The number of carboxylic acid groups (broad SMARTS) is 1. The summed E-state index contributed by atoms with van der Waals surface area (Å²) < 4.78 is 28.3. The number of nitrogens with one attached hydrogen (secondary N) is 1. The number of aliphatic carboxylic acids is 1. The molecule has 0 amide bonds. The van der Waals surface area contributed by atoms with Crippen LogP contribution in [-0.2, 0) is 14.8 Å². The Hall–Kier alpha value is -1.16. The number of thiazole rings is 1. The predicted octanol–water partition coefficient (Wildman–Crippen LogP) is 3.33. The van der Waals surface area contributed by atoms with E-state index in [1.54, 1.807) is 23.9 Å². The van der Waals surface area contributed by atoms with Crippen molar-refractivity contribution < 1.29 is 18.3 Å². The zero-order chi connectivity index (χ0) is 17.7. The van der Waals surface area contributed by atoms with E-state index >= 15 is 0 Å². The average molecular weight is 389 g/mol. The molecule has 0 aliphatic rings. The van der Waals surface area contributed by atoms with E-state index in [1.165, 1.54) is 37.2 Å². The number of nitrogens with zero attached hydrogens (tertiary/aromatic N) is 1. The van der Waals surface area contributed by atoms with Gasteiger partial charge < -0.3 is 5.11 Å². The van der Waals surface area contributed by atoms with E-state index in [0.717, 1.165) is 26.7 Å². The average Bonchev–Trinajstić information content (AvgIpc) is 2.92. The number of sulfonamides is 1. The molecule has 1 aromatic heterocycles. The van der Waals surface area contributed by atoms with Crippen LogP contribution in [-0.4, -0.2) is 36.3 Å². The Morgan fingerprint density at radius 2 is 2.17 bits per heavy atom. The van der Waals surface area contributed by atoms with Gasteiger partial charge in [0.25, 0.3) is 0 Å². The molecule has 0 radical (unpaired) electrons. The van der Waals surface area contributed by atoms with Crippen LogP contribution in [0.3, 0.4) is 0 Å². The highest BCUT2D eigenvalue weighted by molar-refractivity contribution is 8.01. The first kappa shape index (κ1) is 19.2. The standard InChI is InChI=1S/C15H20N2O4S3/c1-3-4-5-8-22-15-16-12-7-6-11(9-13(12)23-15)24(20,21)17-10(2)14(18)19/h6-7,9-10,17H,3-5,8H2,1-2H3,(H,18,19)/t10-/m1/s1. The number of carbonyl (C=O) groups is 1. The number of aromatic nitrogens is 1. The van der Waals surface area contributed by atoms with Crippen LogP contribution in [0.4, 0.5) is 0 Å². The summed E-state index contributed by atoms with van der Waals surface area (Å²) in [7, 11) is -3.87. The number of carboxylic acids is 1. The second kappa shape index (κ2) is 8.28. The molecule has 2 aromatic rings. The summed E-state index contributed by atoms with van der Waals surface area (Å²) in [6, 6.07) is 3.46. The van der Waals surface area contributed by atoms with Gasteiger partial charge in [-0.1, -0.05) is 31.5 Å². The maximum Gasteiger partial charge on any atom is 0.321 e. The van der Waals surface area contributed by atoms with Crippen LogP contribution in [0.2, 0.25) is 0 Å². The summed E-state index contributed by atoms with van der Waals surface area (Å²) in [5.41, 5.74) is 0.753. The molecule has 2 N–H and O–H groups in total. The highest BCUT2D eigenvalue weighted by Crippen LogP contribution is 2.31. The molecular formula is C15H20N2O4S3. The third kappa shape index (κ3) is 4.92. The number of thioether (sulfide) groups is 1. The third-order valence-corrected chi connectivity index (χ3v) is 7.11. The van der Waals surface area contributed by atoms with Crippen LogP contribution in [0.1, 0.15) is 33.1 Å². The smallest absolute Gasteiger partial charge is 0.321 e. The number of unbranched alkanes of at least 4 members (excludes halogenated alkanes) is 2. The lowest BCUT2D eigenvalue weighted by Crippen LogP contribution is -2.38. The largest absolute Gasteiger partial charge is 0.480 e. The summed E-state index contributed by atoms with van der Waals surface area (Å²) in [5, 5.41) is 8.85. The molecule has 1 atom stereocenters. The SMILES string of the molecule is CCCCCSc1nc2ccc(S(=O)(=O)N[C@H](C)C(=O)O)cc2s1. The molecule has 9 heteroatoms. The lowest BCUT2D eigenvalue weighted by Gasteiger charge is -2.09. The summed E-state index contributed by atoms with van der Waals surface area (Å²) >= 11 is 3.13. The highest BCUT2D eigenvalue weighted by Gasteiger charge is 2.22. The minimum absolute atomic E-state index is 0.0503. The lowest BCUT2D eigenvalue weighted by atomic mass is 10.3. The fourth-order valence-electron chi connectivity index (χ4n) is 1.98. The molecule has 0 unspecified atom stereocenters. The van der Waals surface area contributed by atoms with Gasteiger partial charge in [0, 0.05) is 5.75 Å². The van der Waals surface area contributed by atoms with Gasteiger partial charge in [-0.15, -0.1) is 11.3 Å². The Bertz CT molecular complexity index is 817. The van der Waals surface area contributed by atoms with Crippen LogP contribution >= 0.6 is 23.1 Å². The molecular weight excluding hydrogens is 368 g/mol. The molecule has 0 bridgehead atoms. The molecule has 24 heavy (non-hydrogen) atoms. The van der Waals surface area contributed by atoms with Gasteiger partial charge in [0.05, 0.1) is 15.1 Å². The summed E-state index contributed by atoms with van der Waals surface area (Å²) in [6.45, 7) is 3.44. The van der Waals surface area contributed by atoms with Gasteiger partial charge in [0.15, 0.2) is 4.34 Å². The van der Waals surface area contributed by atoms with Crippen molar-refractivity contribution in [3.05, 3.63) is 18.2 Å². The highest BCUT2D eigenvalue weighted by atomic mass is 32.2. The predicted molar refractivity (Wildman–Crippen MR) is 97.3 cm³/mol. The van der Waals surface area contributed by atoms with Crippen LogP contribution < -0.4 is 4.72 Å². The molecule has 1 heterocycles. The van der Waals surface area contributed by atoms with Crippen molar-refractivity contribution in [3.63, 3.8) is 0 Å². The zero-order valence-corrected chi connectivity index (χ0v) is 15.9. The quantitative estimate of drug-likeness (QED) is 0.505. The first-order valence-corrected chi connectivity index (χ1v) is 10.9. The fraction of sp³-hybridized carbons (Fsp3) is 0.467. The van der Waals surface area contributed by atoms with Gasteiger partial charge in [-0.25, -0.2) is 13.4 Å². The molecule has 0 aliphatic carbocycles. The van der Waals surface area contributed by atoms with E-state index in [-0.39, 0.29) is 4.90 Å². The van der Waals surface area contributed by atoms with Gasteiger partial charge in [-0.3, -0.25) is 4.79 Å². The van der Waals surface area contributed by atoms with E-state index in [0.29, 0.717) is 0 Å². The van der Waals surface area contributed by atoms with E-state index in [9.17, 15) is 13.2 Å². The first-order valence-electron chi connectivity index (χ1n) is 7.62. The van der Waals surface area contributed by atoms with E-state index in [2.05, 4.69) is 16.6 Å². The van der Waals surface area contributed by atoms with Gasteiger partial charge in [-0.05, 0) is 31.5 Å². The monoisotopic (exact) mass is 388 g/mol. The molecule has 2 rings (SSSR count). The fourth-order valence-corrected chi connectivity index (χ4v) is 5.45. The first-order chi connectivity index (χ1) is 11.3. The lowest BCUT2D eigenvalue weighted by molar-refractivity contribution is -0.138. The summed E-state index contributed by atoms with van der Waals surface area (Å²) in [5.74, 6) is -0.223. The van der Waals surface area contributed by atoms with Crippen LogP contribution in [0.15, 0.2) is 27.4 Å². The Balaban J connectivity index is 2.17. The Morgan fingerprint density at radius 1 is 1.42 bits per heavy atom. The van der Waals surface area contributed by atoms with Crippen molar-refractivity contribution >= 4 is 49.3 Å². The molecule has 0 aliphatic heterocycles. The van der Waals surface area contributed by atoms with E-state index in [1.807, 2.05) is 0 Å². The van der Waals surface area contributed by atoms with Crippen molar-refractivity contribution in [2.75, 3.05) is 5.75 Å². The van der Waals surface area contributed by atoms with Crippen molar-refractivity contribution in [2.45, 2.75) is 48.4 Å². The Morgan fingerprint density at radius 3 is 2.83 bits per heavy atom. The van der Waals surface area contributed by atoms with Gasteiger partial charge >= 0.3 is 5.97 Å². The summed E-state index contributed by atoms with van der Waals surface area (Å²) in [6.07, 6.45) is 3.49. The normalized spacial score (nSPS) is 13.2. The van der Waals surface area contributed by atoms with E-state index in [4.69, 9.17) is 5.11 Å². The summed E-state index contributed by atoms with van der Waals surface area (Å²) in [4.78, 5) is 15.4. The molecule has 132 valence electrons. The van der Waals surface area contributed by atoms with Crippen molar-refractivity contribution in [2.24, 2.45) is 0 Å². The second-order valence-corrected chi connectivity index (χ2v) is 9.43. The number of rotatable bonds is 9. The minimum atomic E-state index is -3.87. The van der Waals surface area contributed by atoms with E-state index < -0.39 is 22.0 Å². The Labute approximate surface area is 149 Å². The van der Waals surface area contributed by atoms with Crippen LogP contribution in [0.25, 0.3) is 10.2 Å².